The van der Waals surface area contributed by atoms with Crippen molar-refractivity contribution < 1.29 is 23.0 Å². The Balaban J connectivity index is 1.31. The van der Waals surface area contributed by atoms with Gasteiger partial charge in [-0.3, -0.25) is 5.10 Å². The number of benzene rings is 3. The second-order valence-corrected chi connectivity index (χ2v) is 9.33. The van der Waals surface area contributed by atoms with Gasteiger partial charge in [0.1, 0.15) is 29.5 Å². The first kappa shape index (κ1) is 25.9. The highest BCUT2D eigenvalue weighted by atomic mass is 19.4. The monoisotopic (exact) mass is 556 g/mol. The molecule has 8 nitrogen and oxygen atoms in total. The average Bonchev–Trinajstić information content (AvgIpc) is 3.74. The smallest absolute Gasteiger partial charge is 0.433 e. The molecule has 2 N–H and O–H groups in total. The number of aromatic amines is 1. The molecule has 0 saturated heterocycles. The summed E-state index contributed by atoms with van der Waals surface area (Å²) in [6.45, 7) is 1.81. The number of phenols is 1. The van der Waals surface area contributed by atoms with Crippen LogP contribution in [0.2, 0.25) is 0 Å². The van der Waals surface area contributed by atoms with E-state index >= 15 is 0 Å². The number of hydrogen-bond donors (Lipinski definition) is 2. The third kappa shape index (κ3) is 5.05. The summed E-state index contributed by atoms with van der Waals surface area (Å²) in [4.78, 5) is 0. The number of para-hydroxylation sites is 2. The number of hydrogen-bond acceptors (Lipinski definition) is 5. The molecule has 0 aliphatic carbocycles. The molecule has 0 saturated carbocycles. The minimum Gasteiger partial charge on any atom is -0.507 e. The maximum absolute atomic E-state index is 14.0. The normalized spacial score (nSPS) is 11.6. The summed E-state index contributed by atoms with van der Waals surface area (Å²) < 4.78 is 51.2. The van der Waals surface area contributed by atoms with Gasteiger partial charge in [-0.15, -0.1) is 0 Å². The summed E-state index contributed by atoms with van der Waals surface area (Å²) in [5.41, 5.74) is 1.77. The summed E-state index contributed by atoms with van der Waals surface area (Å²) in [5.74, 6) is 0.142. The number of aromatic nitrogens is 6. The summed E-state index contributed by atoms with van der Waals surface area (Å²) in [6, 6.07) is 21.7. The molecule has 206 valence electrons. The van der Waals surface area contributed by atoms with Crippen LogP contribution in [-0.4, -0.2) is 34.9 Å². The lowest BCUT2D eigenvalue weighted by atomic mass is 9.98. The zero-order chi connectivity index (χ0) is 28.6. The van der Waals surface area contributed by atoms with Gasteiger partial charge >= 0.3 is 6.18 Å². The third-order valence-corrected chi connectivity index (χ3v) is 6.63. The van der Waals surface area contributed by atoms with E-state index in [1.54, 1.807) is 48.1 Å². The van der Waals surface area contributed by atoms with Crippen molar-refractivity contribution in [3.8, 4) is 45.3 Å². The SMILES string of the molecule is Cc1c(OCc2cnn(-c3ccccc3)c2)ccc(-c2n[nH]c(C(F)(F)F)c2-c2cnn(-c3ccccc3)c2)c1O. The van der Waals surface area contributed by atoms with Crippen LogP contribution in [-0.2, 0) is 12.8 Å². The summed E-state index contributed by atoms with van der Waals surface area (Å²) >= 11 is 0. The Labute approximate surface area is 232 Å². The van der Waals surface area contributed by atoms with Gasteiger partial charge < -0.3 is 9.84 Å². The fourth-order valence-corrected chi connectivity index (χ4v) is 4.54. The van der Waals surface area contributed by atoms with Crippen LogP contribution < -0.4 is 4.74 Å². The van der Waals surface area contributed by atoms with Gasteiger partial charge in [0.25, 0.3) is 0 Å². The average molecular weight is 557 g/mol. The van der Waals surface area contributed by atoms with Gasteiger partial charge in [-0.1, -0.05) is 36.4 Å². The number of nitrogens with zero attached hydrogens (tertiary/aromatic N) is 5. The Kier molecular flexibility index (Phi) is 6.54. The molecule has 6 aromatic rings. The quantitative estimate of drug-likeness (QED) is 0.228. The maximum atomic E-state index is 14.0. The van der Waals surface area contributed by atoms with Crippen molar-refractivity contribution in [1.29, 1.82) is 0 Å². The van der Waals surface area contributed by atoms with Crippen molar-refractivity contribution in [2.45, 2.75) is 19.7 Å². The lowest BCUT2D eigenvalue weighted by Crippen LogP contribution is -2.07. The first-order valence-electron chi connectivity index (χ1n) is 12.6. The van der Waals surface area contributed by atoms with Crippen LogP contribution in [0.5, 0.6) is 11.5 Å². The van der Waals surface area contributed by atoms with E-state index in [4.69, 9.17) is 4.74 Å². The second-order valence-electron chi connectivity index (χ2n) is 9.33. The zero-order valence-corrected chi connectivity index (χ0v) is 21.7. The molecule has 0 spiro atoms. The van der Waals surface area contributed by atoms with Gasteiger partial charge in [0, 0.05) is 40.2 Å². The van der Waals surface area contributed by atoms with Crippen molar-refractivity contribution in [1.82, 2.24) is 29.8 Å². The number of halogens is 3. The van der Waals surface area contributed by atoms with Gasteiger partial charge in [0.15, 0.2) is 0 Å². The predicted molar refractivity (Wildman–Crippen MR) is 146 cm³/mol. The van der Waals surface area contributed by atoms with E-state index in [2.05, 4.69) is 20.4 Å². The molecule has 0 atom stereocenters. The Morgan fingerprint density at radius 1 is 0.854 bits per heavy atom. The van der Waals surface area contributed by atoms with E-state index in [-0.39, 0.29) is 34.7 Å². The van der Waals surface area contributed by atoms with Gasteiger partial charge in [-0.25, -0.2) is 9.36 Å². The van der Waals surface area contributed by atoms with Crippen LogP contribution in [0.4, 0.5) is 13.2 Å². The molecule has 0 aliphatic heterocycles. The largest absolute Gasteiger partial charge is 0.507 e. The Morgan fingerprint density at radius 2 is 1.49 bits per heavy atom. The van der Waals surface area contributed by atoms with Gasteiger partial charge in [-0.2, -0.15) is 28.5 Å². The number of rotatable bonds is 7. The van der Waals surface area contributed by atoms with Crippen molar-refractivity contribution in [3.63, 3.8) is 0 Å². The number of phenolic OH excluding ortho intramolecular Hbond substituents is 1. The summed E-state index contributed by atoms with van der Waals surface area (Å²) in [7, 11) is 0. The number of aromatic hydroxyl groups is 1. The molecule has 41 heavy (non-hydrogen) atoms. The molecule has 11 heteroatoms. The minimum absolute atomic E-state index is 0.0544. The molecule has 3 heterocycles. The number of alkyl halides is 3. The molecule has 0 aliphatic rings. The zero-order valence-electron chi connectivity index (χ0n) is 21.7. The van der Waals surface area contributed by atoms with Crippen LogP contribution in [0.25, 0.3) is 33.8 Å². The second kappa shape index (κ2) is 10.3. The minimum atomic E-state index is -4.71. The van der Waals surface area contributed by atoms with E-state index in [0.717, 1.165) is 11.3 Å². The molecule has 0 unspecified atom stereocenters. The molecule has 0 radical (unpaired) electrons. The Morgan fingerprint density at radius 3 is 2.15 bits per heavy atom. The van der Waals surface area contributed by atoms with E-state index in [9.17, 15) is 18.3 Å². The van der Waals surface area contributed by atoms with Crippen LogP contribution in [0.1, 0.15) is 16.8 Å². The van der Waals surface area contributed by atoms with Gasteiger partial charge in [0.2, 0.25) is 0 Å². The van der Waals surface area contributed by atoms with Crippen LogP contribution in [0.3, 0.4) is 0 Å². The van der Waals surface area contributed by atoms with Crippen molar-refractivity contribution in [2.24, 2.45) is 0 Å². The number of ether oxygens (including phenoxy) is 1. The van der Waals surface area contributed by atoms with Crippen LogP contribution in [0.15, 0.2) is 97.6 Å². The Hall–Kier alpha value is -5.32. The van der Waals surface area contributed by atoms with Crippen LogP contribution in [0, 0.1) is 6.92 Å². The molecule has 0 fully saturated rings. The van der Waals surface area contributed by atoms with Crippen molar-refractivity contribution in [3.05, 3.63) is 114 Å². The highest BCUT2D eigenvalue weighted by Crippen LogP contribution is 2.45. The molecule has 0 bridgehead atoms. The fraction of sp³-hybridized carbons (Fsp3) is 0.100. The first-order valence-corrected chi connectivity index (χ1v) is 12.6. The standard InChI is InChI=1S/C30H23F3N6O2/c1-19-25(41-18-20-14-34-38(16-20)22-8-4-2-5-9-22)13-12-24(28(19)40)27-26(29(37-36-27)30(31,32)33)21-15-35-39(17-21)23-10-6-3-7-11-23/h2-17,40H,18H2,1H3,(H,36,37). The molecule has 0 amide bonds. The van der Waals surface area contributed by atoms with Crippen molar-refractivity contribution in [2.75, 3.05) is 0 Å². The van der Waals surface area contributed by atoms with Crippen molar-refractivity contribution >= 4 is 0 Å². The summed E-state index contributed by atoms with van der Waals surface area (Å²) in [6.07, 6.45) is 1.64. The predicted octanol–water partition coefficient (Wildman–Crippen LogP) is 6.73. The Bertz CT molecular complexity index is 1810. The van der Waals surface area contributed by atoms with Gasteiger partial charge in [0.05, 0.1) is 23.8 Å². The highest BCUT2D eigenvalue weighted by Gasteiger charge is 2.39. The molecule has 6 rings (SSSR count). The summed E-state index contributed by atoms with van der Waals surface area (Å²) in [5, 5.41) is 25.8. The maximum Gasteiger partial charge on any atom is 0.433 e. The van der Waals surface area contributed by atoms with Gasteiger partial charge in [-0.05, 0) is 43.3 Å². The third-order valence-electron chi connectivity index (χ3n) is 6.63. The highest BCUT2D eigenvalue weighted by molar-refractivity contribution is 5.86. The fourth-order valence-electron chi connectivity index (χ4n) is 4.54. The van der Waals surface area contributed by atoms with E-state index in [0.29, 0.717) is 17.0 Å². The number of nitrogens with one attached hydrogen (secondary N) is 1. The lowest BCUT2D eigenvalue weighted by Gasteiger charge is -2.13. The first-order chi connectivity index (χ1) is 19.8. The number of H-pyrrole nitrogens is 1. The van der Waals surface area contributed by atoms with E-state index < -0.39 is 11.9 Å². The van der Waals surface area contributed by atoms with Crippen LogP contribution >= 0.6 is 0 Å². The molecule has 3 aromatic heterocycles. The van der Waals surface area contributed by atoms with E-state index in [1.807, 2.05) is 42.6 Å². The molecule has 3 aromatic carbocycles. The molecular weight excluding hydrogens is 533 g/mol. The lowest BCUT2D eigenvalue weighted by molar-refractivity contribution is -0.140. The topological polar surface area (TPSA) is 93.8 Å². The van der Waals surface area contributed by atoms with E-state index in [1.165, 1.54) is 23.1 Å². The molecular formula is C30H23F3N6O2.